The summed E-state index contributed by atoms with van der Waals surface area (Å²) < 4.78 is 0.830. The van der Waals surface area contributed by atoms with Gasteiger partial charge in [0.1, 0.15) is 5.82 Å². The molecule has 0 aliphatic carbocycles. The van der Waals surface area contributed by atoms with Crippen molar-refractivity contribution < 1.29 is 14.7 Å². The number of nitrogens with one attached hydrogen (secondary N) is 1. The van der Waals surface area contributed by atoms with Gasteiger partial charge >= 0.3 is 5.97 Å². The molecular weight excluding hydrogens is 276 g/mol. The van der Waals surface area contributed by atoms with E-state index >= 15 is 0 Å². The highest BCUT2D eigenvalue weighted by Gasteiger charge is 2.04. The fourth-order valence-electron chi connectivity index (χ4n) is 1.06. The molecule has 0 saturated carbocycles. The van der Waals surface area contributed by atoms with Crippen LogP contribution >= 0.6 is 15.9 Å². The minimum Gasteiger partial charge on any atom is -0.481 e. The number of nitrogens with zero attached hydrogens (tertiary/aromatic N) is 1. The van der Waals surface area contributed by atoms with Crippen LogP contribution in [0.5, 0.6) is 0 Å². The number of aliphatic carboxylic acids is 1. The number of hydrogen-bond acceptors (Lipinski definition) is 3. The molecule has 0 aromatic carbocycles. The van der Waals surface area contributed by atoms with Crippen LogP contribution < -0.4 is 5.32 Å². The smallest absolute Gasteiger partial charge is 0.303 e. The van der Waals surface area contributed by atoms with Crippen molar-refractivity contribution in [2.24, 2.45) is 0 Å². The Hall–Kier alpha value is -1.43. The Balaban J connectivity index is 2.34. The van der Waals surface area contributed by atoms with Crippen molar-refractivity contribution in [2.75, 3.05) is 5.32 Å². The van der Waals surface area contributed by atoms with Gasteiger partial charge in [0.05, 0.1) is 0 Å². The van der Waals surface area contributed by atoms with Crippen LogP contribution in [-0.2, 0) is 9.59 Å². The van der Waals surface area contributed by atoms with E-state index in [4.69, 9.17) is 5.11 Å². The van der Waals surface area contributed by atoms with Gasteiger partial charge in [-0.2, -0.15) is 0 Å². The van der Waals surface area contributed by atoms with Gasteiger partial charge in [-0.3, -0.25) is 9.59 Å². The molecule has 5 nitrogen and oxygen atoms in total. The molecule has 6 heteroatoms. The highest BCUT2D eigenvalue weighted by atomic mass is 79.9. The van der Waals surface area contributed by atoms with Crippen LogP contribution in [0, 0.1) is 0 Å². The molecule has 0 bridgehead atoms. The van der Waals surface area contributed by atoms with Crippen molar-refractivity contribution >= 4 is 33.6 Å². The number of pyridine rings is 1. The Morgan fingerprint density at radius 1 is 1.38 bits per heavy atom. The molecule has 1 amide bonds. The van der Waals surface area contributed by atoms with Crippen LogP contribution in [0.2, 0.25) is 0 Å². The molecule has 1 heterocycles. The molecule has 0 fully saturated rings. The number of carboxylic acid groups (broad SMARTS) is 1. The van der Waals surface area contributed by atoms with Crippen LogP contribution in [0.1, 0.15) is 19.3 Å². The van der Waals surface area contributed by atoms with E-state index in [2.05, 4.69) is 26.2 Å². The lowest BCUT2D eigenvalue weighted by molar-refractivity contribution is -0.137. The van der Waals surface area contributed by atoms with E-state index in [1.165, 1.54) is 0 Å². The fraction of sp³-hybridized carbons (Fsp3) is 0.300. The number of rotatable bonds is 5. The average Bonchev–Trinajstić information content (AvgIpc) is 2.21. The molecule has 86 valence electrons. The highest BCUT2D eigenvalue weighted by molar-refractivity contribution is 9.10. The van der Waals surface area contributed by atoms with Crippen molar-refractivity contribution in [3.8, 4) is 0 Å². The molecule has 0 unspecified atom stereocenters. The maximum atomic E-state index is 11.3. The molecular formula is C10H11BrN2O3. The second-order valence-corrected chi connectivity index (χ2v) is 4.07. The summed E-state index contributed by atoms with van der Waals surface area (Å²) in [5.74, 6) is -0.658. The first kappa shape index (κ1) is 12.6. The van der Waals surface area contributed by atoms with E-state index < -0.39 is 5.97 Å². The van der Waals surface area contributed by atoms with Crippen molar-refractivity contribution in [1.82, 2.24) is 4.98 Å². The lowest BCUT2D eigenvalue weighted by atomic mass is 10.2. The molecule has 16 heavy (non-hydrogen) atoms. The third-order valence-corrected chi connectivity index (χ3v) is 2.26. The number of carbonyl (C=O) groups is 2. The molecule has 0 atom stereocenters. The summed E-state index contributed by atoms with van der Waals surface area (Å²) in [6.07, 6.45) is 2.09. The average molecular weight is 287 g/mol. The Morgan fingerprint density at radius 3 is 2.69 bits per heavy atom. The maximum absolute atomic E-state index is 11.3. The molecule has 0 aliphatic heterocycles. The van der Waals surface area contributed by atoms with E-state index in [1.54, 1.807) is 18.3 Å². The Bertz CT molecular complexity index is 378. The molecule has 1 rings (SSSR count). The number of anilines is 1. The summed E-state index contributed by atoms with van der Waals surface area (Å²) in [5, 5.41) is 11.0. The van der Waals surface area contributed by atoms with Crippen molar-refractivity contribution in [2.45, 2.75) is 19.3 Å². The first-order valence-electron chi connectivity index (χ1n) is 4.71. The van der Waals surface area contributed by atoms with Crippen LogP contribution in [0.15, 0.2) is 22.8 Å². The van der Waals surface area contributed by atoms with Gasteiger partial charge in [-0.15, -0.1) is 0 Å². The van der Waals surface area contributed by atoms with Gasteiger partial charge in [-0.25, -0.2) is 4.98 Å². The summed E-state index contributed by atoms with van der Waals surface area (Å²) in [6.45, 7) is 0. The molecule has 1 aromatic heterocycles. The summed E-state index contributed by atoms with van der Waals surface area (Å²) in [7, 11) is 0. The van der Waals surface area contributed by atoms with E-state index in [0.717, 1.165) is 4.47 Å². The molecule has 0 aliphatic rings. The molecule has 0 radical (unpaired) electrons. The number of carboxylic acids is 1. The van der Waals surface area contributed by atoms with E-state index in [-0.39, 0.29) is 18.7 Å². The maximum Gasteiger partial charge on any atom is 0.303 e. The zero-order chi connectivity index (χ0) is 12.0. The lowest BCUT2D eigenvalue weighted by Gasteiger charge is -2.03. The monoisotopic (exact) mass is 286 g/mol. The summed E-state index contributed by atoms with van der Waals surface area (Å²) in [5.41, 5.74) is 0. The third kappa shape index (κ3) is 4.88. The quantitative estimate of drug-likeness (QED) is 0.868. The first-order valence-corrected chi connectivity index (χ1v) is 5.50. The van der Waals surface area contributed by atoms with Gasteiger partial charge in [0, 0.05) is 23.5 Å². The van der Waals surface area contributed by atoms with E-state index in [9.17, 15) is 9.59 Å². The van der Waals surface area contributed by atoms with Gasteiger partial charge in [0.2, 0.25) is 5.91 Å². The fourth-order valence-corrected chi connectivity index (χ4v) is 1.29. The van der Waals surface area contributed by atoms with Crippen LogP contribution in [0.4, 0.5) is 5.82 Å². The second kappa shape index (κ2) is 6.22. The zero-order valence-corrected chi connectivity index (χ0v) is 10.0. The lowest BCUT2D eigenvalue weighted by Crippen LogP contribution is -2.12. The van der Waals surface area contributed by atoms with Gasteiger partial charge in [-0.05, 0) is 34.5 Å². The minimum atomic E-state index is -0.894. The Kier molecular flexibility index (Phi) is 4.91. The third-order valence-electron chi connectivity index (χ3n) is 1.79. The van der Waals surface area contributed by atoms with Gasteiger partial charge in [-0.1, -0.05) is 0 Å². The SMILES string of the molecule is O=C(O)CCCC(=O)Nc1ccc(Br)cn1. The summed E-state index contributed by atoms with van der Waals surface area (Å²) in [4.78, 5) is 25.5. The number of hydrogen-bond donors (Lipinski definition) is 2. The predicted molar refractivity (Wildman–Crippen MR) is 62.1 cm³/mol. The number of carbonyl (C=O) groups excluding carboxylic acids is 1. The minimum absolute atomic E-state index is 0.00118. The highest BCUT2D eigenvalue weighted by Crippen LogP contribution is 2.10. The number of halogens is 1. The number of amides is 1. The normalized spacial score (nSPS) is 9.81. The van der Waals surface area contributed by atoms with Crippen LogP contribution in [-0.4, -0.2) is 22.0 Å². The van der Waals surface area contributed by atoms with Gasteiger partial charge < -0.3 is 10.4 Å². The predicted octanol–water partition coefficient (Wildman–Crippen LogP) is 2.04. The molecule has 2 N–H and O–H groups in total. The largest absolute Gasteiger partial charge is 0.481 e. The van der Waals surface area contributed by atoms with Crippen molar-refractivity contribution in [3.63, 3.8) is 0 Å². The topological polar surface area (TPSA) is 79.3 Å². The first-order chi connectivity index (χ1) is 7.58. The van der Waals surface area contributed by atoms with Crippen LogP contribution in [0.3, 0.4) is 0 Å². The van der Waals surface area contributed by atoms with E-state index in [0.29, 0.717) is 12.2 Å². The molecule has 0 spiro atoms. The Labute approximate surface area is 101 Å². The summed E-state index contributed by atoms with van der Waals surface area (Å²) >= 11 is 3.23. The Morgan fingerprint density at radius 2 is 2.12 bits per heavy atom. The van der Waals surface area contributed by atoms with Crippen molar-refractivity contribution in [3.05, 3.63) is 22.8 Å². The molecule has 1 aromatic rings. The van der Waals surface area contributed by atoms with Crippen LogP contribution in [0.25, 0.3) is 0 Å². The van der Waals surface area contributed by atoms with Crippen molar-refractivity contribution in [1.29, 1.82) is 0 Å². The number of aromatic nitrogens is 1. The summed E-state index contributed by atoms with van der Waals surface area (Å²) in [6, 6.07) is 3.43. The van der Waals surface area contributed by atoms with E-state index in [1.807, 2.05) is 0 Å². The zero-order valence-electron chi connectivity index (χ0n) is 8.44. The van der Waals surface area contributed by atoms with Gasteiger partial charge in [0.25, 0.3) is 0 Å². The second-order valence-electron chi connectivity index (χ2n) is 3.16. The van der Waals surface area contributed by atoms with Gasteiger partial charge in [0.15, 0.2) is 0 Å². The molecule has 0 saturated heterocycles. The standard InChI is InChI=1S/C10H11BrN2O3/c11-7-4-5-8(12-6-7)13-9(14)2-1-3-10(15)16/h4-6H,1-3H2,(H,15,16)(H,12,13,14).